The SMILES string of the molecule is COc1ccc(S(N)(=O)=O)cc1C(=O)N1CCN(Cc2ccc(Cl)s2)CC1. The van der Waals surface area contributed by atoms with Crippen molar-refractivity contribution in [3.05, 3.63) is 45.1 Å². The number of benzene rings is 1. The summed E-state index contributed by atoms with van der Waals surface area (Å²) < 4.78 is 29.2. The van der Waals surface area contributed by atoms with Crippen molar-refractivity contribution in [3.8, 4) is 5.75 Å². The number of carbonyl (C=O) groups is 1. The van der Waals surface area contributed by atoms with Crippen LogP contribution in [0.2, 0.25) is 4.34 Å². The van der Waals surface area contributed by atoms with Crippen LogP contribution in [0.25, 0.3) is 0 Å². The fourth-order valence-electron chi connectivity index (χ4n) is 2.97. The number of carbonyl (C=O) groups excluding carboxylic acids is 1. The second-order valence-electron chi connectivity index (χ2n) is 6.18. The number of rotatable bonds is 5. The fraction of sp³-hybridized carbons (Fsp3) is 0.353. The monoisotopic (exact) mass is 429 g/mol. The van der Waals surface area contributed by atoms with Gasteiger partial charge in [0.05, 0.1) is 21.9 Å². The molecular formula is C17H20ClN3O4S2. The minimum absolute atomic E-state index is 0.111. The summed E-state index contributed by atoms with van der Waals surface area (Å²) in [4.78, 5) is 17.9. The van der Waals surface area contributed by atoms with Gasteiger partial charge in [0.1, 0.15) is 5.75 Å². The van der Waals surface area contributed by atoms with Crippen molar-refractivity contribution in [2.75, 3.05) is 33.3 Å². The van der Waals surface area contributed by atoms with Crippen molar-refractivity contribution in [2.45, 2.75) is 11.4 Å². The molecule has 0 radical (unpaired) electrons. The molecule has 0 atom stereocenters. The number of ether oxygens (including phenoxy) is 1. The maximum atomic E-state index is 12.9. The van der Waals surface area contributed by atoms with Gasteiger partial charge in [0.2, 0.25) is 10.0 Å². The number of primary sulfonamides is 1. The fourth-order valence-corrected chi connectivity index (χ4v) is 4.64. The molecule has 1 aromatic heterocycles. The standard InChI is InChI=1S/C17H20ClN3O4S2/c1-25-15-4-3-13(27(19,23)24)10-14(15)17(22)21-8-6-20(7-9-21)11-12-2-5-16(18)26-12/h2-5,10H,6-9,11H2,1H3,(H2,19,23,24). The quantitative estimate of drug-likeness (QED) is 0.784. The topological polar surface area (TPSA) is 92.9 Å². The van der Waals surface area contributed by atoms with Gasteiger partial charge in [-0.2, -0.15) is 0 Å². The van der Waals surface area contributed by atoms with Crippen LogP contribution in [0.15, 0.2) is 35.2 Å². The number of nitrogens with two attached hydrogens (primary N) is 1. The van der Waals surface area contributed by atoms with E-state index in [0.717, 1.165) is 24.0 Å². The lowest BCUT2D eigenvalue weighted by molar-refractivity contribution is 0.0626. The van der Waals surface area contributed by atoms with Gasteiger partial charge in [-0.05, 0) is 30.3 Å². The maximum Gasteiger partial charge on any atom is 0.257 e. The van der Waals surface area contributed by atoms with Gasteiger partial charge in [-0.1, -0.05) is 11.6 Å². The van der Waals surface area contributed by atoms with E-state index in [-0.39, 0.29) is 16.4 Å². The number of hydrogen-bond donors (Lipinski definition) is 1. The maximum absolute atomic E-state index is 12.9. The van der Waals surface area contributed by atoms with Gasteiger partial charge in [0.15, 0.2) is 0 Å². The summed E-state index contributed by atoms with van der Waals surface area (Å²) in [7, 11) is -2.46. The van der Waals surface area contributed by atoms with Crippen molar-refractivity contribution in [1.29, 1.82) is 0 Å². The highest BCUT2D eigenvalue weighted by atomic mass is 35.5. The van der Waals surface area contributed by atoms with Crippen molar-refractivity contribution in [3.63, 3.8) is 0 Å². The number of halogens is 1. The molecule has 1 aromatic carbocycles. The van der Waals surface area contributed by atoms with Crippen LogP contribution in [-0.4, -0.2) is 57.4 Å². The van der Waals surface area contributed by atoms with Gasteiger partial charge in [-0.15, -0.1) is 11.3 Å². The summed E-state index contributed by atoms with van der Waals surface area (Å²) in [5.41, 5.74) is 0.197. The van der Waals surface area contributed by atoms with E-state index in [0.29, 0.717) is 18.8 Å². The van der Waals surface area contributed by atoms with E-state index in [1.165, 1.54) is 30.2 Å². The molecule has 0 saturated carbocycles. The predicted molar refractivity (Wildman–Crippen MR) is 105 cm³/mol. The number of piperazine rings is 1. The Labute approximate surface area is 167 Å². The Bertz CT molecular complexity index is 937. The lowest BCUT2D eigenvalue weighted by Gasteiger charge is -2.34. The molecule has 7 nitrogen and oxygen atoms in total. The van der Waals surface area contributed by atoms with Gasteiger partial charge >= 0.3 is 0 Å². The molecule has 27 heavy (non-hydrogen) atoms. The first-order chi connectivity index (χ1) is 12.8. The van der Waals surface area contributed by atoms with Crippen molar-refractivity contribution in [1.82, 2.24) is 9.80 Å². The highest BCUT2D eigenvalue weighted by Gasteiger charge is 2.26. The normalized spacial score (nSPS) is 15.7. The molecule has 0 bridgehead atoms. The van der Waals surface area contributed by atoms with Crippen LogP contribution in [-0.2, 0) is 16.6 Å². The molecule has 0 aliphatic carbocycles. The number of thiophene rings is 1. The molecule has 2 N–H and O–H groups in total. The molecule has 1 amide bonds. The van der Waals surface area contributed by atoms with Crippen LogP contribution in [0.5, 0.6) is 5.75 Å². The number of nitrogens with zero attached hydrogens (tertiary/aromatic N) is 2. The molecule has 1 aliphatic heterocycles. The summed E-state index contributed by atoms with van der Waals surface area (Å²) in [5, 5.41) is 5.18. The van der Waals surface area contributed by atoms with E-state index in [1.54, 1.807) is 16.2 Å². The van der Waals surface area contributed by atoms with Gasteiger partial charge in [0, 0.05) is 37.6 Å². The lowest BCUT2D eigenvalue weighted by atomic mass is 10.1. The van der Waals surface area contributed by atoms with E-state index < -0.39 is 10.0 Å². The first kappa shape index (κ1) is 20.1. The Kier molecular flexibility index (Phi) is 6.07. The Balaban J connectivity index is 1.70. The van der Waals surface area contributed by atoms with Crippen molar-refractivity contribution < 1.29 is 17.9 Å². The molecule has 3 rings (SSSR count). The van der Waals surface area contributed by atoms with Crippen LogP contribution in [0, 0.1) is 0 Å². The number of hydrogen-bond acceptors (Lipinski definition) is 6. The molecule has 10 heteroatoms. The predicted octanol–water partition coefficient (Wildman–Crippen LogP) is 2.02. The minimum Gasteiger partial charge on any atom is -0.496 e. The van der Waals surface area contributed by atoms with Gasteiger partial charge in [-0.3, -0.25) is 9.69 Å². The van der Waals surface area contributed by atoms with Crippen LogP contribution < -0.4 is 9.88 Å². The molecule has 2 aromatic rings. The summed E-state index contributed by atoms with van der Waals surface area (Å²) in [6.07, 6.45) is 0. The minimum atomic E-state index is -3.90. The molecule has 1 aliphatic rings. The Morgan fingerprint density at radius 3 is 2.48 bits per heavy atom. The van der Waals surface area contributed by atoms with Crippen molar-refractivity contribution >= 4 is 38.9 Å². The van der Waals surface area contributed by atoms with E-state index in [2.05, 4.69) is 4.90 Å². The second-order valence-corrected chi connectivity index (χ2v) is 9.54. The third-order valence-corrected chi connectivity index (χ3v) is 6.52. The first-order valence-electron chi connectivity index (χ1n) is 8.24. The molecule has 1 saturated heterocycles. The zero-order valence-electron chi connectivity index (χ0n) is 14.7. The molecule has 0 spiro atoms. The van der Waals surface area contributed by atoms with Gasteiger partial charge in [0.25, 0.3) is 5.91 Å². The van der Waals surface area contributed by atoms with E-state index in [9.17, 15) is 13.2 Å². The average molecular weight is 430 g/mol. The third-order valence-electron chi connectivity index (χ3n) is 4.40. The molecule has 0 unspecified atom stereocenters. The van der Waals surface area contributed by atoms with E-state index in [4.69, 9.17) is 21.5 Å². The van der Waals surface area contributed by atoms with Gasteiger partial charge < -0.3 is 9.64 Å². The second kappa shape index (κ2) is 8.15. The number of amides is 1. The summed E-state index contributed by atoms with van der Waals surface area (Å²) in [5.74, 6) is 0.0548. The summed E-state index contributed by atoms with van der Waals surface area (Å²) in [6.45, 7) is 3.32. The van der Waals surface area contributed by atoms with Crippen LogP contribution in [0.1, 0.15) is 15.2 Å². The average Bonchev–Trinajstić information content (AvgIpc) is 3.05. The van der Waals surface area contributed by atoms with E-state index >= 15 is 0 Å². The lowest BCUT2D eigenvalue weighted by Crippen LogP contribution is -2.48. The smallest absolute Gasteiger partial charge is 0.257 e. The largest absolute Gasteiger partial charge is 0.496 e. The van der Waals surface area contributed by atoms with Crippen LogP contribution >= 0.6 is 22.9 Å². The molecule has 1 fully saturated rings. The number of methoxy groups -OCH3 is 1. The van der Waals surface area contributed by atoms with Crippen molar-refractivity contribution in [2.24, 2.45) is 5.14 Å². The molecular weight excluding hydrogens is 410 g/mol. The Morgan fingerprint density at radius 1 is 1.22 bits per heavy atom. The van der Waals surface area contributed by atoms with E-state index in [1.807, 2.05) is 12.1 Å². The van der Waals surface area contributed by atoms with Crippen LogP contribution in [0.3, 0.4) is 0 Å². The zero-order valence-corrected chi connectivity index (χ0v) is 17.1. The van der Waals surface area contributed by atoms with Crippen LogP contribution in [0.4, 0.5) is 0 Å². The highest BCUT2D eigenvalue weighted by Crippen LogP contribution is 2.25. The number of sulfonamides is 1. The zero-order chi connectivity index (χ0) is 19.6. The Hall–Kier alpha value is -1.65. The van der Waals surface area contributed by atoms with Gasteiger partial charge in [-0.25, -0.2) is 13.6 Å². The summed E-state index contributed by atoms with van der Waals surface area (Å²) in [6, 6.07) is 7.94. The molecule has 2 heterocycles. The molecule has 146 valence electrons. The highest BCUT2D eigenvalue weighted by molar-refractivity contribution is 7.89. The first-order valence-corrected chi connectivity index (χ1v) is 11.0. The third kappa shape index (κ3) is 4.80. The summed E-state index contributed by atoms with van der Waals surface area (Å²) >= 11 is 7.52. The Morgan fingerprint density at radius 2 is 1.93 bits per heavy atom.